The number of hydrogen-bond acceptors (Lipinski definition) is 5. The number of hydrogen-bond donors (Lipinski definition) is 2. The molecule has 33 heavy (non-hydrogen) atoms. The van der Waals surface area contributed by atoms with Gasteiger partial charge in [0.1, 0.15) is 0 Å². The summed E-state index contributed by atoms with van der Waals surface area (Å²) in [6, 6.07) is 19.0. The molecule has 0 saturated carbocycles. The van der Waals surface area contributed by atoms with Crippen LogP contribution in [-0.4, -0.2) is 25.5 Å². The van der Waals surface area contributed by atoms with Gasteiger partial charge in [0.15, 0.2) is 0 Å². The maximum Gasteiger partial charge on any atom is 0.363 e. The zero-order valence-electron chi connectivity index (χ0n) is 18.0. The highest BCUT2D eigenvalue weighted by molar-refractivity contribution is 6.34. The third-order valence-electron chi connectivity index (χ3n) is 5.53. The molecular formula is C25H23Cl2N3O3. The number of anilines is 2. The number of carbonyl (C=O) groups excluding carboxylic acids is 2. The Labute approximate surface area is 202 Å². The fourth-order valence-electron chi connectivity index (χ4n) is 3.83. The first-order chi connectivity index (χ1) is 16.0. The number of rotatable bonds is 5. The van der Waals surface area contributed by atoms with Crippen molar-refractivity contribution in [1.29, 1.82) is 0 Å². The van der Waals surface area contributed by atoms with E-state index in [9.17, 15) is 9.59 Å². The molecule has 0 radical (unpaired) electrons. The quantitative estimate of drug-likeness (QED) is 0.474. The van der Waals surface area contributed by atoms with E-state index >= 15 is 0 Å². The third-order valence-corrected chi connectivity index (χ3v) is 6.09. The minimum atomic E-state index is -0.484. The van der Waals surface area contributed by atoms with Crippen LogP contribution in [0.25, 0.3) is 0 Å². The fourth-order valence-corrected chi connectivity index (χ4v) is 4.23. The molecule has 4 rings (SSSR count). The van der Waals surface area contributed by atoms with Crippen molar-refractivity contribution in [3.63, 3.8) is 0 Å². The van der Waals surface area contributed by atoms with Crippen LogP contribution in [-0.2, 0) is 4.84 Å². The molecule has 0 fully saturated rings. The SMILES string of the molecule is CNC1CCCN(OC(=O)c2ccc(NC(=O)c3ccccc3Cl)cc2)c2ccc(Cl)cc21. The number of hydroxylamine groups is 1. The van der Waals surface area contributed by atoms with Crippen molar-refractivity contribution < 1.29 is 14.4 Å². The molecule has 170 valence electrons. The van der Waals surface area contributed by atoms with Gasteiger partial charge in [-0.25, -0.2) is 9.86 Å². The predicted octanol–water partition coefficient (Wildman–Crippen LogP) is 5.88. The van der Waals surface area contributed by atoms with Crippen LogP contribution in [0, 0.1) is 0 Å². The highest BCUT2D eigenvalue weighted by Crippen LogP contribution is 2.35. The summed E-state index contributed by atoms with van der Waals surface area (Å²) in [6.45, 7) is 0.574. The van der Waals surface area contributed by atoms with Gasteiger partial charge >= 0.3 is 5.97 Å². The van der Waals surface area contributed by atoms with Crippen molar-refractivity contribution in [1.82, 2.24) is 5.32 Å². The van der Waals surface area contributed by atoms with E-state index in [0.717, 1.165) is 24.1 Å². The van der Waals surface area contributed by atoms with Crippen molar-refractivity contribution in [2.75, 3.05) is 24.0 Å². The van der Waals surface area contributed by atoms with E-state index in [4.69, 9.17) is 28.0 Å². The van der Waals surface area contributed by atoms with Crippen LogP contribution in [0.3, 0.4) is 0 Å². The van der Waals surface area contributed by atoms with Crippen molar-refractivity contribution in [3.05, 3.63) is 93.5 Å². The lowest BCUT2D eigenvalue weighted by atomic mass is 10.0. The second-order valence-electron chi connectivity index (χ2n) is 7.68. The third kappa shape index (κ3) is 5.30. The standard InChI is InChI=1S/C25H23Cl2N3O3/c1-28-22-7-4-14-30(23-13-10-17(26)15-20(22)23)33-25(32)16-8-11-18(12-9-16)29-24(31)19-5-2-3-6-21(19)27/h2-3,5-6,8-13,15,22,28H,4,7,14H2,1H3,(H,29,31). The van der Waals surface area contributed by atoms with Crippen LogP contribution < -0.4 is 15.7 Å². The molecular weight excluding hydrogens is 461 g/mol. The molecule has 0 saturated heterocycles. The van der Waals surface area contributed by atoms with Crippen LogP contribution in [0.2, 0.25) is 10.0 Å². The Morgan fingerprint density at radius 2 is 1.79 bits per heavy atom. The highest BCUT2D eigenvalue weighted by atomic mass is 35.5. The van der Waals surface area contributed by atoms with Gasteiger partial charge in [-0.15, -0.1) is 0 Å². The van der Waals surface area contributed by atoms with Gasteiger partial charge in [0.25, 0.3) is 5.91 Å². The van der Waals surface area contributed by atoms with Crippen LogP contribution in [0.1, 0.15) is 45.2 Å². The predicted molar refractivity (Wildman–Crippen MR) is 131 cm³/mol. The van der Waals surface area contributed by atoms with Gasteiger partial charge in [-0.05, 0) is 80.1 Å². The minimum absolute atomic E-state index is 0.128. The van der Waals surface area contributed by atoms with Crippen LogP contribution >= 0.6 is 23.2 Å². The molecule has 1 aliphatic rings. The summed E-state index contributed by atoms with van der Waals surface area (Å²) in [4.78, 5) is 31.0. The number of carbonyl (C=O) groups is 2. The Morgan fingerprint density at radius 3 is 2.52 bits per heavy atom. The van der Waals surface area contributed by atoms with Crippen molar-refractivity contribution in [2.24, 2.45) is 0 Å². The molecule has 0 spiro atoms. The molecule has 0 bridgehead atoms. The molecule has 1 amide bonds. The Balaban J connectivity index is 1.47. The van der Waals surface area contributed by atoms with Gasteiger partial charge in [0.2, 0.25) is 0 Å². The number of nitrogens with one attached hydrogen (secondary N) is 2. The molecule has 3 aromatic rings. The summed E-state index contributed by atoms with van der Waals surface area (Å²) in [5.41, 5.74) is 3.10. The zero-order chi connectivity index (χ0) is 23.4. The van der Waals surface area contributed by atoms with E-state index in [1.807, 2.05) is 19.2 Å². The molecule has 1 aliphatic heterocycles. The average Bonchev–Trinajstić information content (AvgIpc) is 2.98. The van der Waals surface area contributed by atoms with E-state index < -0.39 is 5.97 Å². The second-order valence-corrected chi connectivity index (χ2v) is 8.52. The summed E-state index contributed by atoms with van der Waals surface area (Å²) in [5.74, 6) is -0.808. The molecule has 0 aliphatic carbocycles. The van der Waals surface area contributed by atoms with E-state index in [1.54, 1.807) is 59.7 Å². The van der Waals surface area contributed by atoms with Crippen LogP contribution in [0.5, 0.6) is 0 Å². The van der Waals surface area contributed by atoms with Gasteiger partial charge in [-0.2, -0.15) is 0 Å². The Kier molecular flexibility index (Phi) is 7.18. The average molecular weight is 484 g/mol. The van der Waals surface area contributed by atoms with Gasteiger partial charge in [-0.1, -0.05) is 35.3 Å². The topological polar surface area (TPSA) is 70.7 Å². The largest absolute Gasteiger partial charge is 0.363 e. The lowest BCUT2D eigenvalue weighted by molar-refractivity contribution is 0.0450. The lowest BCUT2D eigenvalue weighted by Crippen LogP contribution is -2.28. The molecule has 8 heteroatoms. The highest BCUT2D eigenvalue weighted by Gasteiger charge is 2.25. The first-order valence-electron chi connectivity index (χ1n) is 10.6. The van der Waals surface area contributed by atoms with Gasteiger partial charge in [0.05, 0.1) is 28.4 Å². The van der Waals surface area contributed by atoms with Crippen LogP contribution in [0.4, 0.5) is 11.4 Å². The summed E-state index contributed by atoms with van der Waals surface area (Å²) in [5, 5.41) is 8.71. The first-order valence-corrected chi connectivity index (χ1v) is 11.3. The number of halogens is 2. The second kappa shape index (κ2) is 10.3. The summed E-state index contributed by atoms with van der Waals surface area (Å²) >= 11 is 12.3. The van der Waals surface area contributed by atoms with Gasteiger partial charge in [-0.3, -0.25) is 4.79 Å². The molecule has 6 nitrogen and oxygen atoms in total. The van der Waals surface area contributed by atoms with E-state index in [1.165, 1.54) is 0 Å². The molecule has 2 N–H and O–H groups in total. The minimum Gasteiger partial charge on any atom is -0.335 e. The maximum absolute atomic E-state index is 12.8. The number of nitrogens with zero attached hydrogens (tertiary/aromatic N) is 1. The monoisotopic (exact) mass is 483 g/mol. The Morgan fingerprint density at radius 1 is 1.03 bits per heavy atom. The lowest BCUT2D eigenvalue weighted by Gasteiger charge is -2.24. The summed E-state index contributed by atoms with van der Waals surface area (Å²) in [6.07, 6.45) is 1.75. The Bertz CT molecular complexity index is 1170. The number of amides is 1. The molecule has 1 atom stereocenters. The van der Waals surface area contributed by atoms with Gasteiger partial charge in [0, 0.05) is 16.8 Å². The van der Waals surface area contributed by atoms with E-state index in [2.05, 4.69) is 10.6 Å². The van der Waals surface area contributed by atoms with Crippen molar-refractivity contribution >= 4 is 46.5 Å². The van der Waals surface area contributed by atoms with Gasteiger partial charge < -0.3 is 15.5 Å². The Hall–Kier alpha value is -3.06. The molecule has 1 heterocycles. The summed E-state index contributed by atoms with van der Waals surface area (Å²) < 4.78 is 0. The molecule has 0 aromatic heterocycles. The van der Waals surface area contributed by atoms with E-state index in [0.29, 0.717) is 33.4 Å². The molecule has 3 aromatic carbocycles. The number of benzene rings is 3. The normalized spacial score (nSPS) is 15.4. The summed E-state index contributed by atoms with van der Waals surface area (Å²) in [7, 11) is 1.91. The number of fused-ring (bicyclic) bond motifs is 1. The van der Waals surface area contributed by atoms with Crippen LogP contribution in [0.15, 0.2) is 66.7 Å². The van der Waals surface area contributed by atoms with Crippen molar-refractivity contribution in [2.45, 2.75) is 18.9 Å². The smallest absolute Gasteiger partial charge is 0.335 e. The van der Waals surface area contributed by atoms with Crippen molar-refractivity contribution in [3.8, 4) is 0 Å². The fraction of sp³-hybridized carbons (Fsp3) is 0.200. The van der Waals surface area contributed by atoms with E-state index in [-0.39, 0.29) is 11.9 Å². The maximum atomic E-state index is 12.8. The first kappa shape index (κ1) is 23.1. The zero-order valence-corrected chi connectivity index (χ0v) is 19.5. The molecule has 1 unspecified atom stereocenters.